The highest BCUT2D eigenvalue weighted by Gasteiger charge is 2.21. The molecule has 1 aliphatic rings. The van der Waals surface area contributed by atoms with Crippen molar-refractivity contribution in [1.29, 1.82) is 0 Å². The van der Waals surface area contributed by atoms with Crippen molar-refractivity contribution in [1.82, 2.24) is 0 Å². The lowest BCUT2D eigenvalue weighted by molar-refractivity contribution is -0.133. The second-order valence-electron chi connectivity index (χ2n) is 4.82. The number of ether oxygens (including phenoxy) is 2. The van der Waals surface area contributed by atoms with Gasteiger partial charge in [0.15, 0.2) is 0 Å². The number of nitrogens with two attached hydrogens (primary N) is 1. The molecule has 0 saturated carbocycles. The first kappa shape index (κ1) is 14.7. The van der Waals surface area contributed by atoms with E-state index >= 15 is 0 Å². The van der Waals surface area contributed by atoms with Crippen LogP contribution in [0.1, 0.15) is 19.8 Å². The molecule has 1 aliphatic heterocycles. The van der Waals surface area contributed by atoms with Gasteiger partial charge in [-0.1, -0.05) is 0 Å². The monoisotopic (exact) mass is 282 g/mol. The zero-order valence-electron chi connectivity index (χ0n) is 11.4. The van der Waals surface area contributed by atoms with Crippen molar-refractivity contribution >= 4 is 17.3 Å². The fourth-order valence-corrected chi connectivity index (χ4v) is 2.03. The van der Waals surface area contributed by atoms with E-state index in [1.807, 2.05) is 0 Å². The Bertz CT molecular complexity index is 475. The van der Waals surface area contributed by atoms with Crippen LogP contribution in [0.25, 0.3) is 0 Å². The van der Waals surface area contributed by atoms with Gasteiger partial charge in [-0.15, -0.1) is 0 Å². The number of hydrogen-bond donors (Lipinski definition) is 2. The van der Waals surface area contributed by atoms with E-state index < -0.39 is 11.9 Å². The number of hydrogen-bond acceptors (Lipinski definition) is 4. The van der Waals surface area contributed by atoms with Crippen LogP contribution in [-0.2, 0) is 14.3 Å². The molecule has 6 heteroatoms. The molecule has 1 aromatic rings. The maximum absolute atomic E-state index is 13.0. The quantitative estimate of drug-likeness (QED) is 0.828. The van der Waals surface area contributed by atoms with E-state index in [2.05, 4.69) is 5.32 Å². The average molecular weight is 282 g/mol. The van der Waals surface area contributed by atoms with E-state index in [0.717, 1.165) is 12.8 Å². The van der Waals surface area contributed by atoms with Crippen LogP contribution in [-0.4, -0.2) is 31.3 Å². The van der Waals surface area contributed by atoms with Crippen LogP contribution in [0.3, 0.4) is 0 Å². The summed E-state index contributed by atoms with van der Waals surface area (Å²) >= 11 is 0. The van der Waals surface area contributed by atoms with E-state index in [4.69, 9.17) is 15.2 Å². The van der Waals surface area contributed by atoms with Crippen molar-refractivity contribution in [3.63, 3.8) is 0 Å². The molecule has 1 unspecified atom stereocenters. The van der Waals surface area contributed by atoms with Gasteiger partial charge in [0.05, 0.1) is 11.8 Å². The summed E-state index contributed by atoms with van der Waals surface area (Å²) in [6.07, 6.45) is 1.05. The van der Waals surface area contributed by atoms with Crippen LogP contribution in [0, 0.1) is 5.82 Å². The largest absolute Gasteiger partial charge is 0.396 e. The predicted molar refractivity (Wildman–Crippen MR) is 73.8 cm³/mol. The zero-order valence-corrected chi connectivity index (χ0v) is 11.4. The fourth-order valence-electron chi connectivity index (χ4n) is 2.03. The number of rotatable bonds is 4. The average Bonchev–Trinajstić information content (AvgIpc) is 2.44. The number of amides is 1. The van der Waals surface area contributed by atoms with Crippen molar-refractivity contribution in [2.75, 3.05) is 24.3 Å². The molecule has 20 heavy (non-hydrogen) atoms. The Labute approximate surface area is 117 Å². The van der Waals surface area contributed by atoms with Crippen LogP contribution in [0.4, 0.5) is 15.8 Å². The molecule has 1 heterocycles. The van der Waals surface area contributed by atoms with Gasteiger partial charge < -0.3 is 20.5 Å². The van der Waals surface area contributed by atoms with Crippen LogP contribution < -0.4 is 11.1 Å². The molecule has 5 nitrogen and oxygen atoms in total. The number of halogens is 1. The lowest BCUT2D eigenvalue weighted by atomic mass is 10.1. The summed E-state index contributed by atoms with van der Waals surface area (Å²) in [5, 5.41) is 2.66. The van der Waals surface area contributed by atoms with Gasteiger partial charge in [-0.25, -0.2) is 4.39 Å². The smallest absolute Gasteiger partial charge is 0.253 e. The maximum atomic E-state index is 13.0. The van der Waals surface area contributed by atoms with Crippen molar-refractivity contribution in [2.24, 2.45) is 0 Å². The van der Waals surface area contributed by atoms with E-state index in [0.29, 0.717) is 18.9 Å². The molecule has 1 fully saturated rings. The highest BCUT2D eigenvalue weighted by molar-refractivity contribution is 5.94. The highest BCUT2D eigenvalue weighted by atomic mass is 19.1. The minimum Gasteiger partial charge on any atom is -0.396 e. The Balaban J connectivity index is 1.88. The van der Waals surface area contributed by atoms with Crippen molar-refractivity contribution in [3.8, 4) is 0 Å². The van der Waals surface area contributed by atoms with Gasteiger partial charge in [0.2, 0.25) is 0 Å². The highest BCUT2D eigenvalue weighted by Crippen LogP contribution is 2.18. The molecule has 1 atom stereocenters. The van der Waals surface area contributed by atoms with Crippen molar-refractivity contribution in [2.45, 2.75) is 32.0 Å². The number of carbonyl (C=O) groups is 1. The van der Waals surface area contributed by atoms with Crippen molar-refractivity contribution < 1.29 is 18.7 Å². The Kier molecular flexibility index (Phi) is 4.92. The minimum absolute atomic E-state index is 0.000741. The number of nitrogen functional groups attached to an aromatic ring is 1. The predicted octanol–water partition coefficient (Wildman–Crippen LogP) is 1.93. The lowest BCUT2D eigenvalue weighted by Gasteiger charge is -2.25. The van der Waals surface area contributed by atoms with E-state index in [1.165, 1.54) is 18.2 Å². The number of anilines is 2. The SMILES string of the molecule is CC(OC1CCOCC1)C(=O)Nc1ccc(F)c(N)c1. The number of nitrogens with one attached hydrogen (secondary N) is 1. The third-order valence-electron chi connectivity index (χ3n) is 3.20. The Morgan fingerprint density at radius 2 is 2.20 bits per heavy atom. The lowest BCUT2D eigenvalue weighted by Crippen LogP contribution is -2.34. The summed E-state index contributed by atoms with van der Waals surface area (Å²) < 4.78 is 23.9. The molecule has 1 amide bonds. The van der Waals surface area contributed by atoms with Gasteiger partial charge in [0.25, 0.3) is 5.91 Å². The topological polar surface area (TPSA) is 73.6 Å². The molecule has 0 bridgehead atoms. The van der Waals surface area contributed by atoms with E-state index in [9.17, 15) is 9.18 Å². The minimum atomic E-state index is -0.579. The summed E-state index contributed by atoms with van der Waals surface area (Å²) in [7, 11) is 0. The Morgan fingerprint density at radius 3 is 2.85 bits per heavy atom. The summed E-state index contributed by atoms with van der Waals surface area (Å²) in [6.45, 7) is 3.01. The van der Waals surface area contributed by atoms with Gasteiger partial charge in [0.1, 0.15) is 11.9 Å². The summed E-state index contributed by atoms with van der Waals surface area (Å²) in [4.78, 5) is 12.0. The summed E-state index contributed by atoms with van der Waals surface area (Å²) in [5.74, 6) is -0.781. The molecule has 1 aromatic carbocycles. The molecular formula is C14H19FN2O3. The van der Waals surface area contributed by atoms with Gasteiger partial charge >= 0.3 is 0 Å². The second kappa shape index (κ2) is 6.67. The van der Waals surface area contributed by atoms with Crippen LogP contribution >= 0.6 is 0 Å². The zero-order chi connectivity index (χ0) is 14.5. The van der Waals surface area contributed by atoms with Gasteiger partial charge in [-0.2, -0.15) is 0 Å². The van der Waals surface area contributed by atoms with Crippen LogP contribution in [0.15, 0.2) is 18.2 Å². The number of benzene rings is 1. The molecule has 110 valence electrons. The summed E-state index contributed by atoms with van der Waals surface area (Å²) in [6, 6.07) is 4.06. The van der Waals surface area contributed by atoms with Gasteiger partial charge in [0, 0.05) is 18.9 Å². The Morgan fingerprint density at radius 1 is 1.50 bits per heavy atom. The molecule has 0 aliphatic carbocycles. The third-order valence-corrected chi connectivity index (χ3v) is 3.20. The standard InChI is InChI=1S/C14H19FN2O3/c1-9(20-11-4-6-19-7-5-11)14(18)17-10-2-3-12(15)13(16)8-10/h2-3,8-9,11H,4-7,16H2,1H3,(H,17,18). The van der Waals surface area contributed by atoms with Gasteiger partial charge in [-0.05, 0) is 38.0 Å². The molecule has 1 saturated heterocycles. The van der Waals surface area contributed by atoms with Crippen LogP contribution in [0.5, 0.6) is 0 Å². The molecule has 0 spiro atoms. The second-order valence-corrected chi connectivity index (χ2v) is 4.82. The van der Waals surface area contributed by atoms with E-state index in [1.54, 1.807) is 6.92 Å². The Hall–Kier alpha value is -1.66. The first-order chi connectivity index (χ1) is 9.56. The molecule has 0 radical (unpaired) electrons. The summed E-state index contributed by atoms with van der Waals surface area (Å²) in [5.41, 5.74) is 5.91. The molecule has 3 N–H and O–H groups in total. The maximum Gasteiger partial charge on any atom is 0.253 e. The first-order valence-corrected chi connectivity index (χ1v) is 6.65. The van der Waals surface area contributed by atoms with Crippen LogP contribution in [0.2, 0.25) is 0 Å². The fraction of sp³-hybridized carbons (Fsp3) is 0.500. The van der Waals surface area contributed by atoms with Gasteiger partial charge in [-0.3, -0.25) is 4.79 Å². The first-order valence-electron chi connectivity index (χ1n) is 6.65. The molecule has 2 rings (SSSR count). The molecular weight excluding hydrogens is 263 g/mol. The molecule has 0 aromatic heterocycles. The normalized spacial score (nSPS) is 17.7. The third kappa shape index (κ3) is 3.91. The van der Waals surface area contributed by atoms with E-state index in [-0.39, 0.29) is 17.7 Å². The van der Waals surface area contributed by atoms with Crippen molar-refractivity contribution in [3.05, 3.63) is 24.0 Å². The number of carbonyl (C=O) groups excluding carboxylic acids is 1.